The Labute approximate surface area is 182 Å². The van der Waals surface area contributed by atoms with Crippen molar-refractivity contribution in [1.29, 1.82) is 0 Å². The summed E-state index contributed by atoms with van der Waals surface area (Å²) < 4.78 is 11.0. The van der Waals surface area contributed by atoms with Crippen LogP contribution in [0.2, 0.25) is 0 Å². The zero-order valence-corrected chi connectivity index (χ0v) is 18.6. The summed E-state index contributed by atoms with van der Waals surface area (Å²) in [4.78, 5) is 24.0. The summed E-state index contributed by atoms with van der Waals surface area (Å²) >= 11 is 1.62. The average molecular weight is 431 g/mol. The molecular weight excluding hydrogens is 400 g/mol. The van der Waals surface area contributed by atoms with Gasteiger partial charge >= 0.3 is 0 Å². The van der Waals surface area contributed by atoms with Crippen LogP contribution in [-0.4, -0.2) is 85.6 Å². The Bertz CT molecular complexity index is 858. The van der Waals surface area contributed by atoms with E-state index < -0.39 is 0 Å². The van der Waals surface area contributed by atoms with E-state index in [1.165, 1.54) is 12.8 Å². The van der Waals surface area contributed by atoms with E-state index >= 15 is 0 Å². The SMILES string of the molecule is COc1cccc(-c2nc(CN3CCN(C(=O)CN4CCCC4)CC3)cs2)c1OC. The van der Waals surface area contributed by atoms with Crippen molar-refractivity contribution in [1.82, 2.24) is 19.7 Å². The van der Waals surface area contributed by atoms with E-state index in [1.807, 2.05) is 23.1 Å². The van der Waals surface area contributed by atoms with Crippen LogP contribution in [0.15, 0.2) is 23.6 Å². The maximum atomic E-state index is 12.5. The molecule has 2 aromatic rings. The monoisotopic (exact) mass is 430 g/mol. The molecular formula is C22H30N4O3S. The summed E-state index contributed by atoms with van der Waals surface area (Å²) in [5, 5.41) is 3.04. The van der Waals surface area contributed by atoms with Crippen LogP contribution in [0.4, 0.5) is 0 Å². The normalized spacial score (nSPS) is 18.0. The van der Waals surface area contributed by atoms with Gasteiger partial charge in [0.2, 0.25) is 5.91 Å². The maximum Gasteiger partial charge on any atom is 0.236 e. The number of rotatable bonds is 7. The summed E-state index contributed by atoms with van der Waals surface area (Å²) in [6.07, 6.45) is 2.44. The van der Waals surface area contributed by atoms with E-state index in [4.69, 9.17) is 14.5 Å². The molecule has 30 heavy (non-hydrogen) atoms. The number of carbonyl (C=O) groups excluding carboxylic acids is 1. The first kappa shape index (κ1) is 21.1. The number of hydrogen-bond donors (Lipinski definition) is 0. The zero-order valence-electron chi connectivity index (χ0n) is 17.8. The number of amides is 1. The van der Waals surface area contributed by atoms with Crippen LogP contribution in [0, 0.1) is 0 Å². The standard InChI is InChI=1S/C22H30N4O3S/c1-28-19-7-5-6-18(21(19)29-2)22-23-17(16-30-22)14-25-10-12-26(13-11-25)20(27)15-24-8-3-4-9-24/h5-7,16H,3-4,8-15H2,1-2H3. The van der Waals surface area contributed by atoms with Gasteiger partial charge in [-0.25, -0.2) is 4.98 Å². The molecule has 0 spiro atoms. The molecule has 0 aliphatic carbocycles. The maximum absolute atomic E-state index is 12.5. The lowest BCUT2D eigenvalue weighted by Crippen LogP contribution is -2.50. The lowest BCUT2D eigenvalue weighted by molar-refractivity contribution is -0.134. The van der Waals surface area contributed by atoms with Gasteiger partial charge in [-0.2, -0.15) is 0 Å². The van der Waals surface area contributed by atoms with E-state index in [2.05, 4.69) is 15.2 Å². The van der Waals surface area contributed by atoms with E-state index in [9.17, 15) is 4.79 Å². The number of thiazole rings is 1. The van der Waals surface area contributed by atoms with Gasteiger partial charge < -0.3 is 14.4 Å². The predicted octanol–water partition coefficient (Wildman–Crippen LogP) is 2.57. The molecule has 0 saturated carbocycles. The summed E-state index contributed by atoms with van der Waals surface area (Å²) in [6.45, 7) is 6.89. The topological polar surface area (TPSA) is 58.1 Å². The molecule has 1 aromatic heterocycles. The van der Waals surface area contributed by atoms with Crippen LogP contribution in [0.25, 0.3) is 10.6 Å². The molecule has 0 N–H and O–H groups in total. The van der Waals surface area contributed by atoms with Gasteiger partial charge in [0, 0.05) is 38.1 Å². The van der Waals surface area contributed by atoms with Crippen LogP contribution >= 0.6 is 11.3 Å². The molecule has 8 heteroatoms. The first-order valence-corrected chi connectivity index (χ1v) is 11.4. The Morgan fingerprint density at radius 1 is 1.03 bits per heavy atom. The highest BCUT2D eigenvalue weighted by Crippen LogP contribution is 2.39. The van der Waals surface area contributed by atoms with Crippen molar-refractivity contribution in [3.05, 3.63) is 29.3 Å². The van der Waals surface area contributed by atoms with Gasteiger partial charge in [0.05, 0.1) is 32.0 Å². The summed E-state index contributed by atoms with van der Waals surface area (Å²) in [5.74, 6) is 1.70. The second-order valence-corrected chi connectivity index (χ2v) is 8.68. The number of aromatic nitrogens is 1. The largest absolute Gasteiger partial charge is 0.493 e. The molecule has 1 aromatic carbocycles. The van der Waals surface area contributed by atoms with Gasteiger partial charge in [-0.1, -0.05) is 6.07 Å². The second kappa shape index (κ2) is 9.76. The van der Waals surface area contributed by atoms with Crippen LogP contribution < -0.4 is 9.47 Å². The molecule has 0 radical (unpaired) electrons. The van der Waals surface area contributed by atoms with Gasteiger partial charge in [0.25, 0.3) is 0 Å². The number of benzene rings is 1. The molecule has 2 aliphatic rings. The van der Waals surface area contributed by atoms with Crippen molar-refractivity contribution in [2.45, 2.75) is 19.4 Å². The van der Waals surface area contributed by atoms with E-state index in [-0.39, 0.29) is 5.91 Å². The number of hydrogen-bond acceptors (Lipinski definition) is 7. The van der Waals surface area contributed by atoms with Crippen LogP contribution in [0.5, 0.6) is 11.5 Å². The van der Waals surface area contributed by atoms with Crippen molar-refractivity contribution < 1.29 is 14.3 Å². The van der Waals surface area contributed by atoms with Gasteiger partial charge in [0.15, 0.2) is 11.5 Å². The van der Waals surface area contributed by atoms with Crippen molar-refractivity contribution in [3.63, 3.8) is 0 Å². The molecule has 0 bridgehead atoms. The minimum Gasteiger partial charge on any atom is -0.493 e. The van der Waals surface area contributed by atoms with E-state index in [1.54, 1.807) is 25.6 Å². The number of piperazine rings is 1. The molecule has 2 saturated heterocycles. The van der Waals surface area contributed by atoms with E-state index in [0.29, 0.717) is 18.0 Å². The summed E-state index contributed by atoms with van der Waals surface area (Å²) in [7, 11) is 3.30. The number of para-hydroxylation sites is 1. The quantitative estimate of drug-likeness (QED) is 0.673. The predicted molar refractivity (Wildman–Crippen MR) is 118 cm³/mol. The van der Waals surface area contributed by atoms with Gasteiger partial charge in [-0.15, -0.1) is 11.3 Å². The number of nitrogens with zero attached hydrogens (tertiary/aromatic N) is 4. The molecule has 2 aliphatic heterocycles. The lowest BCUT2D eigenvalue weighted by atomic mass is 10.2. The zero-order chi connectivity index (χ0) is 20.9. The van der Waals surface area contributed by atoms with Gasteiger partial charge in [0.1, 0.15) is 5.01 Å². The number of ether oxygens (including phenoxy) is 2. The third-order valence-corrected chi connectivity index (χ3v) is 6.78. The first-order chi connectivity index (χ1) is 14.7. The highest BCUT2D eigenvalue weighted by Gasteiger charge is 2.24. The molecule has 1 amide bonds. The molecule has 7 nitrogen and oxygen atoms in total. The Morgan fingerprint density at radius 2 is 1.80 bits per heavy atom. The Morgan fingerprint density at radius 3 is 2.50 bits per heavy atom. The molecule has 2 fully saturated rings. The molecule has 4 rings (SSSR count). The fourth-order valence-corrected chi connectivity index (χ4v) is 5.01. The molecule has 162 valence electrons. The minimum absolute atomic E-state index is 0.276. The van der Waals surface area contributed by atoms with Crippen molar-refractivity contribution in [2.75, 3.05) is 60.0 Å². The highest BCUT2D eigenvalue weighted by atomic mass is 32.1. The Balaban J connectivity index is 1.32. The van der Waals surface area contributed by atoms with Crippen molar-refractivity contribution in [2.24, 2.45) is 0 Å². The number of likely N-dealkylation sites (tertiary alicyclic amines) is 1. The lowest BCUT2D eigenvalue weighted by Gasteiger charge is -2.35. The summed E-state index contributed by atoms with van der Waals surface area (Å²) in [6, 6.07) is 5.85. The number of carbonyl (C=O) groups is 1. The van der Waals surface area contributed by atoms with Crippen LogP contribution in [-0.2, 0) is 11.3 Å². The average Bonchev–Trinajstić information content (AvgIpc) is 3.45. The fraction of sp³-hybridized carbons (Fsp3) is 0.545. The summed E-state index contributed by atoms with van der Waals surface area (Å²) in [5.41, 5.74) is 2.00. The Hall–Kier alpha value is -2.16. The minimum atomic E-state index is 0.276. The number of methoxy groups -OCH3 is 2. The molecule has 3 heterocycles. The third kappa shape index (κ3) is 4.77. The highest BCUT2D eigenvalue weighted by molar-refractivity contribution is 7.13. The van der Waals surface area contributed by atoms with Gasteiger partial charge in [-0.05, 0) is 38.1 Å². The van der Waals surface area contributed by atoms with Crippen LogP contribution in [0.3, 0.4) is 0 Å². The van der Waals surface area contributed by atoms with Crippen molar-refractivity contribution in [3.8, 4) is 22.1 Å². The van der Waals surface area contributed by atoms with Crippen molar-refractivity contribution >= 4 is 17.2 Å². The third-order valence-electron chi connectivity index (χ3n) is 5.85. The van der Waals surface area contributed by atoms with Crippen LogP contribution in [0.1, 0.15) is 18.5 Å². The van der Waals surface area contributed by atoms with E-state index in [0.717, 1.165) is 62.1 Å². The molecule has 0 unspecified atom stereocenters. The molecule has 0 atom stereocenters. The second-order valence-electron chi connectivity index (χ2n) is 7.83. The Kier molecular flexibility index (Phi) is 6.86. The fourth-order valence-electron chi connectivity index (χ4n) is 4.18. The smallest absolute Gasteiger partial charge is 0.236 e. The van der Waals surface area contributed by atoms with Gasteiger partial charge in [-0.3, -0.25) is 14.6 Å². The first-order valence-electron chi connectivity index (χ1n) is 10.6.